The van der Waals surface area contributed by atoms with E-state index in [1.165, 1.54) is 16.8 Å². The number of benzene rings is 1. The Labute approximate surface area is 122 Å². The van der Waals surface area contributed by atoms with E-state index in [2.05, 4.69) is 56.4 Å². The Hall–Kier alpha value is -1.39. The van der Waals surface area contributed by atoms with Gasteiger partial charge in [-0.15, -0.1) is 0 Å². The number of nitrogens with one attached hydrogen (secondary N) is 1. The van der Waals surface area contributed by atoms with E-state index in [4.69, 9.17) is 0 Å². The van der Waals surface area contributed by atoms with Gasteiger partial charge in [-0.1, -0.05) is 22.0 Å². The van der Waals surface area contributed by atoms with Crippen molar-refractivity contribution in [2.75, 3.05) is 19.0 Å². The third-order valence-electron chi connectivity index (χ3n) is 3.01. The fraction of sp³-hybridized carbons (Fsp3) is 0.267. The first-order chi connectivity index (χ1) is 9.20. The zero-order chi connectivity index (χ0) is 13.7. The predicted octanol–water partition coefficient (Wildman–Crippen LogP) is 3.20. The molecule has 0 unspecified atom stereocenters. The first-order valence-electron chi connectivity index (χ1n) is 6.24. The molecule has 1 N–H and O–H groups in total. The molecule has 100 valence electrons. The summed E-state index contributed by atoms with van der Waals surface area (Å²) in [6.45, 7) is 1.75. The Balaban J connectivity index is 2.11. The summed E-state index contributed by atoms with van der Waals surface area (Å²) in [5, 5.41) is 3.16. The molecule has 0 amide bonds. The third-order valence-corrected chi connectivity index (χ3v) is 3.75. The van der Waals surface area contributed by atoms with Gasteiger partial charge in [0.2, 0.25) is 0 Å². The lowest BCUT2D eigenvalue weighted by atomic mass is 10.2. The number of hydrogen-bond donors (Lipinski definition) is 1. The molecule has 2 rings (SSSR count). The summed E-state index contributed by atoms with van der Waals surface area (Å²) in [4.78, 5) is 6.26. The van der Waals surface area contributed by atoms with Crippen LogP contribution in [0.3, 0.4) is 0 Å². The fourth-order valence-electron chi connectivity index (χ4n) is 1.96. The van der Waals surface area contributed by atoms with Crippen LogP contribution >= 0.6 is 15.9 Å². The van der Waals surface area contributed by atoms with Crippen molar-refractivity contribution in [1.29, 1.82) is 0 Å². The standard InChI is InChI=1S/C15H18BrN3/c1-17-10-13-3-4-14(9-15(13)16)19(2)11-12-5-7-18-8-6-12/h3-9,17H,10-11H2,1-2H3. The van der Waals surface area contributed by atoms with Crippen LogP contribution in [0.2, 0.25) is 0 Å². The zero-order valence-corrected chi connectivity index (χ0v) is 12.8. The smallest absolute Gasteiger partial charge is 0.0427 e. The summed E-state index contributed by atoms with van der Waals surface area (Å²) < 4.78 is 1.14. The normalized spacial score (nSPS) is 10.5. The van der Waals surface area contributed by atoms with Crippen LogP contribution in [0.4, 0.5) is 5.69 Å². The molecule has 0 atom stereocenters. The van der Waals surface area contributed by atoms with Gasteiger partial charge < -0.3 is 10.2 Å². The monoisotopic (exact) mass is 319 g/mol. The Morgan fingerprint density at radius 3 is 2.58 bits per heavy atom. The van der Waals surface area contributed by atoms with Gasteiger partial charge in [0.15, 0.2) is 0 Å². The van der Waals surface area contributed by atoms with Crippen molar-refractivity contribution in [3.8, 4) is 0 Å². The molecule has 0 bridgehead atoms. The highest BCUT2D eigenvalue weighted by molar-refractivity contribution is 9.10. The maximum Gasteiger partial charge on any atom is 0.0427 e. The summed E-state index contributed by atoms with van der Waals surface area (Å²) in [6.07, 6.45) is 3.66. The molecule has 4 heteroatoms. The number of anilines is 1. The van der Waals surface area contributed by atoms with E-state index in [1.54, 1.807) is 0 Å². The van der Waals surface area contributed by atoms with Gasteiger partial charge in [-0.25, -0.2) is 0 Å². The number of rotatable bonds is 5. The molecule has 1 heterocycles. The average molecular weight is 320 g/mol. The maximum absolute atomic E-state index is 4.04. The number of aromatic nitrogens is 1. The molecule has 0 saturated carbocycles. The maximum atomic E-state index is 4.04. The molecule has 0 radical (unpaired) electrons. The minimum atomic E-state index is 0.870. The highest BCUT2D eigenvalue weighted by Gasteiger charge is 2.05. The van der Waals surface area contributed by atoms with Crippen LogP contribution in [0.5, 0.6) is 0 Å². The number of halogens is 1. The van der Waals surface area contributed by atoms with Gasteiger partial charge in [0.05, 0.1) is 0 Å². The molecule has 0 aliphatic rings. The van der Waals surface area contributed by atoms with Crippen LogP contribution < -0.4 is 10.2 Å². The lowest BCUT2D eigenvalue weighted by Gasteiger charge is -2.20. The van der Waals surface area contributed by atoms with Crippen LogP contribution in [0, 0.1) is 0 Å². The largest absolute Gasteiger partial charge is 0.370 e. The predicted molar refractivity (Wildman–Crippen MR) is 83.2 cm³/mol. The van der Waals surface area contributed by atoms with Crippen molar-refractivity contribution < 1.29 is 0 Å². The minimum Gasteiger partial charge on any atom is -0.370 e. The third kappa shape index (κ3) is 3.78. The van der Waals surface area contributed by atoms with Crippen molar-refractivity contribution in [1.82, 2.24) is 10.3 Å². The second-order valence-electron chi connectivity index (χ2n) is 4.52. The highest BCUT2D eigenvalue weighted by Crippen LogP contribution is 2.24. The topological polar surface area (TPSA) is 28.2 Å². The van der Waals surface area contributed by atoms with E-state index in [0.29, 0.717) is 0 Å². The Kier molecular flexibility index (Phi) is 4.93. The summed E-state index contributed by atoms with van der Waals surface area (Å²) in [6, 6.07) is 10.5. The molecular weight excluding hydrogens is 302 g/mol. The molecule has 1 aromatic carbocycles. The van der Waals surface area contributed by atoms with E-state index in [1.807, 2.05) is 31.6 Å². The molecule has 19 heavy (non-hydrogen) atoms. The number of pyridine rings is 1. The number of nitrogens with zero attached hydrogens (tertiary/aromatic N) is 2. The van der Waals surface area contributed by atoms with Gasteiger partial charge in [0.25, 0.3) is 0 Å². The summed E-state index contributed by atoms with van der Waals surface area (Å²) in [7, 11) is 4.05. The van der Waals surface area contributed by atoms with Crippen molar-refractivity contribution in [2.24, 2.45) is 0 Å². The highest BCUT2D eigenvalue weighted by atomic mass is 79.9. The lowest BCUT2D eigenvalue weighted by molar-refractivity contribution is 0.813. The molecule has 0 fully saturated rings. The van der Waals surface area contributed by atoms with Crippen LogP contribution in [0.1, 0.15) is 11.1 Å². The van der Waals surface area contributed by atoms with Crippen molar-refractivity contribution >= 4 is 21.6 Å². The molecule has 2 aromatic rings. The molecule has 3 nitrogen and oxygen atoms in total. The minimum absolute atomic E-state index is 0.870. The van der Waals surface area contributed by atoms with Gasteiger partial charge in [0.1, 0.15) is 0 Å². The lowest BCUT2D eigenvalue weighted by Crippen LogP contribution is -2.16. The van der Waals surface area contributed by atoms with Crippen molar-refractivity contribution in [3.05, 3.63) is 58.3 Å². The summed E-state index contributed by atoms with van der Waals surface area (Å²) in [5.74, 6) is 0. The first kappa shape index (κ1) is 14.0. The zero-order valence-electron chi connectivity index (χ0n) is 11.2. The Bertz CT molecular complexity index is 528. The van der Waals surface area contributed by atoms with Crippen LogP contribution in [-0.2, 0) is 13.1 Å². The SMILES string of the molecule is CNCc1ccc(N(C)Cc2ccncc2)cc1Br. The van der Waals surface area contributed by atoms with Gasteiger partial charge in [0, 0.05) is 42.7 Å². The van der Waals surface area contributed by atoms with Crippen molar-refractivity contribution in [2.45, 2.75) is 13.1 Å². The number of hydrogen-bond acceptors (Lipinski definition) is 3. The quantitative estimate of drug-likeness (QED) is 0.917. The van der Waals surface area contributed by atoms with E-state index in [0.717, 1.165) is 17.6 Å². The molecule has 1 aromatic heterocycles. The van der Waals surface area contributed by atoms with Gasteiger partial charge in [-0.05, 0) is 42.4 Å². The molecule has 0 aliphatic heterocycles. The van der Waals surface area contributed by atoms with Gasteiger partial charge in [-0.2, -0.15) is 0 Å². The van der Waals surface area contributed by atoms with E-state index >= 15 is 0 Å². The summed E-state index contributed by atoms with van der Waals surface area (Å²) in [5.41, 5.74) is 3.72. The van der Waals surface area contributed by atoms with E-state index in [9.17, 15) is 0 Å². The van der Waals surface area contributed by atoms with Crippen molar-refractivity contribution in [3.63, 3.8) is 0 Å². The van der Waals surface area contributed by atoms with Crippen LogP contribution in [0.15, 0.2) is 47.2 Å². The first-order valence-corrected chi connectivity index (χ1v) is 7.03. The van der Waals surface area contributed by atoms with Crippen LogP contribution in [-0.4, -0.2) is 19.1 Å². The summed E-state index contributed by atoms with van der Waals surface area (Å²) >= 11 is 3.63. The van der Waals surface area contributed by atoms with E-state index in [-0.39, 0.29) is 0 Å². The van der Waals surface area contributed by atoms with E-state index < -0.39 is 0 Å². The second-order valence-corrected chi connectivity index (χ2v) is 5.37. The van der Waals surface area contributed by atoms with Crippen LogP contribution in [0.25, 0.3) is 0 Å². The average Bonchev–Trinajstić information content (AvgIpc) is 2.42. The second kappa shape index (κ2) is 6.68. The molecular formula is C15H18BrN3. The molecule has 0 spiro atoms. The fourth-order valence-corrected chi connectivity index (χ4v) is 2.47. The molecule has 0 aliphatic carbocycles. The Morgan fingerprint density at radius 2 is 1.95 bits per heavy atom. The van der Waals surface area contributed by atoms with Gasteiger partial charge >= 0.3 is 0 Å². The molecule has 0 saturated heterocycles. The Morgan fingerprint density at radius 1 is 1.21 bits per heavy atom. The van der Waals surface area contributed by atoms with Gasteiger partial charge in [-0.3, -0.25) is 4.98 Å².